The van der Waals surface area contributed by atoms with Crippen LogP contribution in [-0.2, 0) is 0 Å². The second-order valence-electron chi connectivity index (χ2n) is 3.97. The van der Waals surface area contributed by atoms with Crippen molar-refractivity contribution in [2.24, 2.45) is 0 Å². The molecule has 0 aromatic heterocycles. The second kappa shape index (κ2) is 9.47. The Morgan fingerprint density at radius 1 is 1.00 bits per heavy atom. The number of hydrogen-bond donors (Lipinski definition) is 1. The zero-order valence-electron chi connectivity index (χ0n) is 10.1. The van der Waals surface area contributed by atoms with Crippen molar-refractivity contribution in [2.75, 3.05) is 19.6 Å². The van der Waals surface area contributed by atoms with Crippen LogP contribution in [0.3, 0.4) is 0 Å². The van der Waals surface area contributed by atoms with Gasteiger partial charge in [-0.3, -0.25) is 0 Å². The van der Waals surface area contributed by atoms with Crippen LogP contribution in [0.2, 0.25) is 0 Å². The molecule has 0 aliphatic heterocycles. The molecule has 2 heteroatoms. The van der Waals surface area contributed by atoms with Gasteiger partial charge in [-0.25, -0.2) is 0 Å². The van der Waals surface area contributed by atoms with Gasteiger partial charge < -0.3 is 10.0 Å². The maximum Gasteiger partial charge on any atom is 0.0540 e. The minimum atomic E-state index is -0.0643. The molecule has 0 saturated carbocycles. The van der Waals surface area contributed by atoms with E-state index >= 15 is 0 Å². The molecule has 0 fully saturated rings. The highest BCUT2D eigenvalue weighted by molar-refractivity contribution is 4.59. The monoisotopic (exact) mass is 201 g/mol. The molecule has 0 spiro atoms. The molecule has 0 aliphatic carbocycles. The molecular weight excluding hydrogens is 174 g/mol. The highest BCUT2D eigenvalue weighted by Crippen LogP contribution is 2.07. The van der Waals surface area contributed by atoms with E-state index in [0.717, 1.165) is 45.3 Å². The van der Waals surface area contributed by atoms with E-state index in [0.29, 0.717) is 0 Å². The fourth-order valence-electron chi connectivity index (χ4n) is 1.67. The average molecular weight is 201 g/mol. The third-order valence-electron chi connectivity index (χ3n) is 2.80. The summed E-state index contributed by atoms with van der Waals surface area (Å²) in [6.07, 6.45) is 5.36. The van der Waals surface area contributed by atoms with Crippen molar-refractivity contribution in [1.29, 1.82) is 0 Å². The summed E-state index contributed by atoms with van der Waals surface area (Å²) in [6, 6.07) is 0. The molecule has 0 aromatic rings. The van der Waals surface area contributed by atoms with Crippen molar-refractivity contribution in [3.63, 3.8) is 0 Å². The third kappa shape index (κ3) is 7.34. The molecule has 0 unspecified atom stereocenters. The lowest BCUT2D eigenvalue weighted by Crippen LogP contribution is -2.24. The maximum atomic E-state index is 9.62. The molecular formula is C12H27NO. The van der Waals surface area contributed by atoms with Gasteiger partial charge in [-0.05, 0) is 38.9 Å². The lowest BCUT2D eigenvalue weighted by atomic mass is 10.1. The maximum absolute atomic E-state index is 9.62. The zero-order valence-corrected chi connectivity index (χ0v) is 10.1. The summed E-state index contributed by atoms with van der Waals surface area (Å²) in [4.78, 5) is 2.41. The van der Waals surface area contributed by atoms with Gasteiger partial charge in [0.1, 0.15) is 0 Å². The van der Waals surface area contributed by atoms with Crippen LogP contribution in [0.25, 0.3) is 0 Å². The van der Waals surface area contributed by atoms with Gasteiger partial charge >= 0.3 is 0 Å². The first-order valence-electron chi connectivity index (χ1n) is 6.14. The van der Waals surface area contributed by atoms with Gasteiger partial charge in [-0.15, -0.1) is 0 Å². The minimum Gasteiger partial charge on any atom is -0.393 e. The number of aliphatic hydroxyl groups excluding tert-OH is 1. The Morgan fingerprint density at radius 3 is 2.07 bits per heavy atom. The summed E-state index contributed by atoms with van der Waals surface area (Å²) in [5, 5.41) is 9.62. The fraction of sp³-hybridized carbons (Fsp3) is 1.00. The van der Waals surface area contributed by atoms with Crippen LogP contribution in [0.1, 0.15) is 52.9 Å². The van der Waals surface area contributed by atoms with Crippen LogP contribution in [-0.4, -0.2) is 35.7 Å². The van der Waals surface area contributed by atoms with E-state index in [2.05, 4.69) is 25.7 Å². The van der Waals surface area contributed by atoms with Crippen LogP contribution in [0, 0.1) is 0 Å². The SMILES string of the molecule is CCCC[C@H](O)CCCN(CC)CC. The molecule has 1 atom stereocenters. The molecule has 14 heavy (non-hydrogen) atoms. The number of rotatable bonds is 9. The van der Waals surface area contributed by atoms with E-state index in [1.165, 1.54) is 6.42 Å². The van der Waals surface area contributed by atoms with E-state index in [4.69, 9.17) is 0 Å². The van der Waals surface area contributed by atoms with Crippen molar-refractivity contribution < 1.29 is 5.11 Å². The first-order valence-corrected chi connectivity index (χ1v) is 6.14. The average Bonchev–Trinajstić information content (AvgIpc) is 2.21. The van der Waals surface area contributed by atoms with Gasteiger partial charge in [0, 0.05) is 0 Å². The molecule has 0 aromatic carbocycles. The predicted octanol–water partition coefficient (Wildman–Crippen LogP) is 2.66. The molecule has 0 aliphatic rings. The molecule has 0 saturated heterocycles. The van der Waals surface area contributed by atoms with Gasteiger partial charge in [-0.1, -0.05) is 33.6 Å². The van der Waals surface area contributed by atoms with Crippen LogP contribution in [0.5, 0.6) is 0 Å². The quantitative estimate of drug-likeness (QED) is 0.620. The Morgan fingerprint density at radius 2 is 1.57 bits per heavy atom. The minimum absolute atomic E-state index is 0.0643. The van der Waals surface area contributed by atoms with Crippen molar-refractivity contribution in [2.45, 2.75) is 59.0 Å². The first kappa shape index (κ1) is 13.9. The van der Waals surface area contributed by atoms with E-state index < -0.39 is 0 Å². The largest absolute Gasteiger partial charge is 0.393 e. The van der Waals surface area contributed by atoms with Gasteiger partial charge in [0.25, 0.3) is 0 Å². The summed E-state index contributed by atoms with van der Waals surface area (Å²) in [5.41, 5.74) is 0. The van der Waals surface area contributed by atoms with Gasteiger partial charge in [-0.2, -0.15) is 0 Å². The van der Waals surface area contributed by atoms with Crippen molar-refractivity contribution >= 4 is 0 Å². The van der Waals surface area contributed by atoms with Gasteiger partial charge in [0.05, 0.1) is 6.10 Å². The Labute approximate surface area is 89.3 Å². The van der Waals surface area contributed by atoms with E-state index in [1.807, 2.05) is 0 Å². The normalized spacial score (nSPS) is 13.5. The first-order chi connectivity index (χ1) is 6.74. The van der Waals surface area contributed by atoms with Gasteiger partial charge in [0.2, 0.25) is 0 Å². The Balaban J connectivity index is 3.33. The molecule has 0 radical (unpaired) electrons. The summed E-state index contributed by atoms with van der Waals surface area (Å²) in [6.45, 7) is 9.94. The Kier molecular flexibility index (Phi) is 9.42. The molecule has 0 amide bonds. The van der Waals surface area contributed by atoms with Crippen LogP contribution < -0.4 is 0 Å². The molecule has 1 N–H and O–H groups in total. The lowest BCUT2D eigenvalue weighted by molar-refractivity contribution is 0.142. The van der Waals surface area contributed by atoms with E-state index in [1.54, 1.807) is 0 Å². The molecule has 0 heterocycles. The smallest absolute Gasteiger partial charge is 0.0540 e. The molecule has 86 valence electrons. The summed E-state index contributed by atoms with van der Waals surface area (Å²) >= 11 is 0. The summed E-state index contributed by atoms with van der Waals surface area (Å²) in [5.74, 6) is 0. The lowest BCUT2D eigenvalue weighted by Gasteiger charge is -2.18. The molecule has 0 bridgehead atoms. The van der Waals surface area contributed by atoms with Crippen LogP contribution in [0.4, 0.5) is 0 Å². The van der Waals surface area contributed by atoms with Crippen molar-refractivity contribution in [3.05, 3.63) is 0 Å². The van der Waals surface area contributed by atoms with Crippen molar-refractivity contribution in [1.82, 2.24) is 4.90 Å². The second-order valence-corrected chi connectivity index (χ2v) is 3.97. The summed E-state index contributed by atoms with van der Waals surface area (Å²) in [7, 11) is 0. The van der Waals surface area contributed by atoms with E-state index in [-0.39, 0.29) is 6.10 Å². The number of unbranched alkanes of at least 4 members (excludes halogenated alkanes) is 1. The Hall–Kier alpha value is -0.0800. The van der Waals surface area contributed by atoms with Crippen LogP contribution >= 0.6 is 0 Å². The summed E-state index contributed by atoms with van der Waals surface area (Å²) < 4.78 is 0. The Bertz CT molecular complexity index is 113. The molecule has 2 nitrogen and oxygen atoms in total. The fourth-order valence-corrected chi connectivity index (χ4v) is 1.67. The van der Waals surface area contributed by atoms with Crippen LogP contribution in [0.15, 0.2) is 0 Å². The highest BCUT2D eigenvalue weighted by atomic mass is 16.3. The number of aliphatic hydroxyl groups is 1. The van der Waals surface area contributed by atoms with Gasteiger partial charge in [0.15, 0.2) is 0 Å². The number of hydrogen-bond acceptors (Lipinski definition) is 2. The highest BCUT2D eigenvalue weighted by Gasteiger charge is 2.04. The standard InChI is InChI=1S/C12H27NO/c1-4-7-9-12(14)10-8-11-13(5-2)6-3/h12,14H,4-11H2,1-3H3/t12-/m0/s1. The number of nitrogens with zero attached hydrogens (tertiary/aromatic N) is 1. The zero-order chi connectivity index (χ0) is 10.8. The predicted molar refractivity (Wildman–Crippen MR) is 62.6 cm³/mol. The topological polar surface area (TPSA) is 23.5 Å². The van der Waals surface area contributed by atoms with E-state index in [9.17, 15) is 5.11 Å². The van der Waals surface area contributed by atoms with Crippen molar-refractivity contribution in [3.8, 4) is 0 Å². The third-order valence-corrected chi connectivity index (χ3v) is 2.80. The molecule has 0 rings (SSSR count).